The minimum atomic E-state index is -0.557. The first-order valence-corrected chi connectivity index (χ1v) is 5.63. The smallest absolute Gasteiger partial charge is 0.339 e. The third-order valence-corrected chi connectivity index (χ3v) is 3.20. The molecule has 14 heavy (non-hydrogen) atoms. The Labute approximate surface area is 97.7 Å². The molecule has 0 radical (unpaired) electrons. The summed E-state index contributed by atoms with van der Waals surface area (Å²) >= 11 is 6.42. The SMILES string of the molecule is COC(=O)c1cc(F)cc(CBr)c1Br. The Morgan fingerprint density at radius 2 is 2.21 bits per heavy atom. The van der Waals surface area contributed by atoms with Gasteiger partial charge >= 0.3 is 5.97 Å². The molecule has 0 aromatic heterocycles. The summed E-state index contributed by atoms with van der Waals surface area (Å²) in [6.07, 6.45) is 0. The summed E-state index contributed by atoms with van der Waals surface area (Å²) in [5.74, 6) is -1.01. The lowest BCUT2D eigenvalue weighted by molar-refractivity contribution is 0.0599. The van der Waals surface area contributed by atoms with E-state index in [1.807, 2.05) is 0 Å². The zero-order chi connectivity index (χ0) is 10.7. The van der Waals surface area contributed by atoms with Crippen LogP contribution >= 0.6 is 31.9 Å². The number of halogens is 3. The van der Waals surface area contributed by atoms with E-state index in [4.69, 9.17) is 0 Å². The maximum absolute atomic E-state index is 13.0. The number of carbonyl (C=O) groups excluding carboxylic acids is 1. The van der Waals surface area contributed by atoms with E-state index in [1.54, 1.807) is 0 Å². The van der Waals surface area contributed by atoms with Crippen molar-refractivity contribution in [2.45, 2.75) is 5.33 Å². The molecule has 0 N–H and O–H groups in total. The minimum absolute atomic E-state index is 0.196. The van der Waals surface area contributed by atoms with Gasteiger partial charge < -0.3 is 4.74 Å². The van der Waals surface area contributed by atoms with Crippen LogP contribution in [0, 0.1) is 5.82 Å². The van der Waals surface area contributed by atoms with Gasteiger partial charge in [-0.3, -0.25) is 0 Å². The van der Waals surface area contributed by atoms with Crippen molar-refractivity contribution in [2.75, 3.05) is 7.11 Å². The average molecular weight is 326 g/mol. The number of alkyl halides is 1. The van der Waals surface area contributed by atoms with Crippen LogP contribution in [0.5, 0.6) is 0 Å². The van der Waals surface area contributed by atoms with Gasteiger partial charge in [0.1, 0.15) is 5.82 Å². The zero-order valence-corrected chi connectivity index (χ0v) is 10.5. The maximum Gasteiger partial charge on any atom is 0.339 e. The summed E-state index contributed by atoms with van der Waals surface area (Å²) in [5.41, 5.74) is 0.868. The lowest BCUT2D eigenvalue weighted by Crippen LogP contribution is -2.04. The van der Waals surface area contributed by atoms with Gasteiger partial charge in [-0.25, -0.2) is 9.18 Å². The monoisotopic (exact) mass is 324 g/mol. The molecule has 0 saturated heterocycles. The van der Waals surface area contributed by atoms with E-state index in [9.17, 15) is 9.18 Å². The van der Waals surface area contributed by atoms with Gasteiger partial charge in [0, 0.05) is 9.80 Å². The molecule has 1 aromatic rings. The fourth-order valence-corrected chi connectivity index (χ4v) is 2.35. The van der Waals surface area contributed by atoms with Crippen LogP contribution < -0.4 is 0 Å². The Hall–Kier alpha value is -0.420. The number of esters is 1. The molecule has 0 heterocycles. The van der Waals surface area contributed by atoms with Gasteiger partial charge in [0.15, 0.2) is 0 Å². The summed E-state index contributed by atoms with van der Waals surface area (Å²) in [4.78, 5) is 11.2. The third kappa shape index (κ3) is 2.33. The molecule has 0 spiro atoms. The molecule has 0 unspecified atom stereocenters. The van der Waals surface area contributed by atoms with Gasteiger partial charge in [-0.15, -0.1) is 0 Å². The van der Waals surface area contributed by atoms with Crippen molar-refractivity contribution >= 4 is 37.8 Å². The summed E-state index contributed by atoms with van der Waals surface area (Å²) in [5, 5.41) is 0.468. The van der Waals surface area contributed by atoms with Crippen LogP contribution in [0.15, 0.2) is 16.6 Å². The number of hydrogen-bond acceptors (Lipinski definition) is 2. The highest BCUT2D eigenvalue weighted by Gasteiger charge is 2.14. The molecule has 0 aliphatic carbocycles. The van der Waals surface area contributed by atoms with Crippen LogP contribution in [-0.2, 0) is 10.1 Å². The van der Waals surface area contributed by atoms with Crippen molar-refractivity contribution < 1.29 is 13.9 Å². The maximum atomic E-state index is 13.0. The van der Waals surface area contributed by atoms with Crippen LogP contribution in [0.1, 0.15) is 15.9 Å². The summed E-state index contributed by atoms with van der Waals surface area (Å²) < 4.78 is 18.1. The highest BCUT2D eigenvalue weighted by atomic mass is 79.9. The third-order valence-electron chi connectivity index (χ3n) is 1.66. The Kier molecular flexibility index (Phi) is 4.07. The van der Waals surface area contributed by atoms with E-state index in [0.717, 1.165) is 6.07 Å². The highest BCUT2D eigenvalue weighted by Crippen LogP contribution is 2.25. The molecule has 0 atom stereocenters. The number of benzene rings is 1. The Morgan fingerprint density at radius 3 is 2.71 bits per heavy atom. The van der Waals surface area contributed by atoms with Crippen LogP contribution in [0.4, 0.5) is 4.39 Å². The fraction of sp³-hybridized carbons (Fsp3) is 0.222. The van der Waals surface area contributed by atoms with E-state index >= 15 is 0 Å². The first kappa shape index (κ1) is 11.7. The van der Waals surface area contributed by atoms with Crippen molar-refractivity contribution in [3.05, 3.63) is 33.5 Å². The second-order valence-electron chi connectivity index (χ2n) is 2.55. The normalized spacial score (nSPS) is 10.0. The molecule has 5 heteroatoms. The number of methoxy groups -OCH3 is 1. The first-order valence-electron chi connectivity index (χ1n) is 3.72. The molecule has 0 aliphatic rings. The molecule has 1 rings (SSSR count). The predicted molar refractivity (Wildman–Crippen MR) is 58.1 cm³/mol. The number of ether oxygens (including phenoxy) is 1. The van der Waals surface area contributed by atoms with E-state index < -0.39 is 11.8 Å². The van der Waals surface area contributed by atoms with E-state index in [2.05, 4.69) is 36.6 Å². The van der Waals surface area contributed by atoms with Gasteiger partial charge in [-0.1, -0.05) is 15.9 Å². The van der Waals surface area contributed by atoms with Crippen molar-refractivity contribution in [3.63, 3.8) is 0 Å². The minimum Gasteiger partial charge on any atom is -0.465 e. The molecule has 0 aliphatic heterocycles. The zero-order valence-electron chi connectivity index (χ0n) is 7.31. The number of carbonyl (C=O) groups is 1. The Bertz CT molecular complexity index is 366. The Morgan fingerprint density at radius 1 is 1.57 bits per heavy atom. The van der Waals surface area contributed by atoms with Crippen molar-refractivity contribution in [1.29, 1.82) is 0 Å². The quantitative estimate of drug-likeness (QED) is 0.616. The molecule has 0 fully saturated rings. The van der Waals surface area contributed by atoms with Gasteiger partial charge in [-0.05, 0) is 33.6 Å². The second-order valence-corrected chi connectivity index (χ2v) is 3.91. The molecule has 0 bridgehead atoms. The predicted octanol–water partition coefficient (Wildman–Crippen LogP) is 3.27. The molecule has 2 nitrogen and oxygen atoms in total. The Balaban J connectivity index is 3.29. The molecule has 0 amide bonds. The van der Waals surface area contributed by atoms with Crippen LogP contribution in [0.3, 0.4) is 0 Å². The lowest BCUT2D eigenvalue weighted by atomic mass is 10.1. The molecular weight excluding hydrogens is 319 g/mol. The molecule has 76 valence electrons. The first-order chi connectivity index (χ1) is 6.60. The van der Waals surface area contributed by atoms with E-state index in [0.29, 0.717) is 15.4 Å². The van der Waals surface area contributed by atoms with Crippen LogP contribution in [0.2, 0.25) is 0 Å². The van der Waals surface area contributed by atoms with Crippen molar-refractivity contribution in [3.8, 4) is 0 Å². The van der Waals surface area contributed by atoms with Gasteiger partial charge in [0.05, 0.1) is 12.7 Å². The topological polar surface area (TPSA) is 26.3 Å². The van der Waals surface area contributed by atoms with E-state index in [-0.39, 0.29) is 5.56 Å². The summed E-state index contributed by atoms with van der Waals surface area (Å²) in [6.45, 7) is 0. The standard InChI is InChI=1S/C9H7Br2FO2/c1-14-9(13)7-3-6(12)2-5(4-10)8(7)11/h2-3H,4H2,1H3. The van der Waals surface area contributed by atoms with Gasteiger partial charge in [0.25, 0.3) is 0 Å². The summed E-state index contributed by atoms with van der Waals surface area (Å²) in [6, 6.07) is 2.49. The average Bonchev–Trinajstić information content (AvgIpc) is 2.19. The number of rotatable bonds is 2. The van der Waals surface area contributed by atoms with Gasteiger partial charge in [0.2, 0.25) is 0 Å². The van der Waals surface area contributed by atoms with Crippen molar-refractivity contribution in [2.24, 2.45) is 0 Å². The molecular formula is C9H7Br2FO2. The lowest BCUT2D eigenvalue weighted by Gasteiger charge is -2.06. The number of hydrogen-bond donors (Lipinski definition) is 0. The van der Waals surface area contributed by atoms with Crippen molar-refractivity contribution in [1.82, 2.24) is 0 Å². The fourth-order valence-electron chi connectivity index (χ4n) is 1.00. The molecule has 0 saturated carbocycles. The molecule has 1 aromatic carbocycles. The van der Waals surface area contributed by atoms with Crippen LogP contribution in [-0.4, -0.2) is 13.1 Å². The van der Waals surface area contributed by atoms with Gasteiger partial charge in [-0.2, -0.15) is 0 Å². The highest BCUT2D eigenvalue weighted by molar-refractivity contribution is 9.10. The summed E-state index contributed by atoms with van der Waals surface area (Å²) in [7, 11) is 1.26. The second kappa shape index (κ2) is 4.89. The van der Waals surface area contributed by atoms with Crippen LogP contribution in [0.25, 0.3) is 0 Å². The largest absolute Gasteiger partial charge is 0.465 e. The van der Waals surface area contributed by atoms with E-state index in [1.165, 1.54) is 13.2 Å².